The number of aromatic nitrogens is 4. The number of fused-ring (bicyclic) bond motifs is 1. The van der Waals surface area contributed by atoms with Gasteiger partial charge in [-0.3, -0.25) is 0 Å². The van der Waals surface area contributed by atoms with E-state index < -0.39 is 0 Å². The molecule has 0 aliphatic carbocycles. The Kier molecular flexibility index (Phi) is 3.00. The van der Waals surface area contributed by atoms with E-state index in [-0.39, 0.29) is 0 Å². The molecule has 1 N–H and O–H groups in total. The first-order valence-corrected chi connectivity index (χ1v) is 7.79. The maximum atomic E-state index is 5.53. The van der Waals surface area contributed by atoms with Crippen LogP contribution in [0.1, 0.15) is 0 Å². The predicted molar refractivity (Wildman–Crippen MR) is 92.5 cm³/mol. The molecule has 5 aromatic rings. The molecule has 0 fully saturated rings. The van der Waals surface area contributed by atoms with Crippen LogP contribution >= 0.6 is 0 Å². The van der Waals surface area contributed by atoms with Crippen LogP contribution in [0.4, 0.5) is 0 Å². The Hall–Kier alpha value is -3.67. The highest BCUT2D eigenvalue weighted by molar-refractivity contribution is 5.85. The Morgan fingerprint density at radius 1 is 0.760 bits per heavy atom. The minimum atomic E-state index is 0.498. The molecule has 0 saturated carbocycles. The van der Waals surface area contributed by atoms with Crippen molar-refractivity contribution in [1.29, 1.82) is 0 Å². The standard InChI is InChI=1S/C19H12N4O2/c1-2-6-13-12(5-1)11-14(20-13)19-21-17(15-7-3-9-24-15)18(22-23-19)16-8-4-10-25-16/h1-11,20H. The van der Waals surface area contributed by atoms with E-state index in [0.29, 0.717) is 28.7 Å². The fraction of sp³-hybridized carbons (Fsp3) is 0. The second kappa shape index (κ2) is 5.45. The van der Waals surface area contributed by atoms with Gasteiger partial charge in [-0.25, -0.2) is 4.98 Å². The molecule has 25 heavy (non-hydrogen) atoms. The molecule has 120 valence electrons. The van der Waals surface area contributed by atoms with E-state index in [0.717, 1.165) is 16.6 Å². The van der Waals surface area contributed by atoms with Gasteiger partial charge in [0.05, 0.1) is 18.2 Å². The van der Waals surface area contributed by atoms with Gasteiger partial charge in [0.25, 0.3) is 0 Å². The number of H-pyrrole nitrogens is 1. The Labute approximate surface area is 142 Å². The molecule has 5 rings (SSSR count). The van der Waals surface area contributed by atoms with Gasteiger partial charge in [0.1, 0.15) is 5.69 Å². The normalized spacial score (nSPS) is 11.2. The number of hydrogen-bond acceptors (Lipinski definition) is 5. The molecular formula is C19H12N4O2. The quantitative estimate of drug-likeness (QED) is 0.526. The van der Waals surface area contributed by atoms with Crippen LogP contribution in [-0.2, 0) is 0 Å². The molecule has 4 heterocycles. The lowest BCUT2D eigenvalue weighted by Crippen LogP contribution is -1.99. The molecule has 0 saturated heterocycles. The summed E-state index contributed by atoms with van der Waals surface area (Å²) in [6.07, 6.45) is 3.19. The Balaban J connectivity index is 1.70. The molecule has 0 amide bonds. The number of rotatable bonds is 3. The second-order valence-corrected chi connectivity index (χ2v) is 5.56. The number of para-hydroxylation sites is 1. The van der Waals surface area contributed by atoms with Crippen molar-refractivity contribution in [3.8, 4) is 34.4 Å². The predicted octanol–water partition coefficient (Wildman–Crippen LogP) is 4.54. The van der Waals surface area contributed by atoms with E-state index in [1.807, 2.05) is 48.5 Å². The van der Waals surface area contributed by atoms with Gasteiger partial charge in [-0.05, 0) is 36.4 Å². The fourth-order valence-corrected chi connectivity index (χ4v) is 2.80. The zero-order valence-electron chi connectivity index (χ0n) is 13.0. The Bertz CT molecular complexity index is 1110. The van der Waals surface area contributed by atoms with Crippen LogP contribution in [0.2, 0.25) is 0 Å². The first-order chi connectivity index (χ1) is 12.4. The minimum absolute atomic E-state index is 0.498. The second-order valence-electron chi connectivity index (χ2n) is 5.56. The van der Waals surface area contributed by atoms with Crippen molar-refractivity contribution >= 4 is 10.9 Å². The summed E-state index contributed by atoms with van der Waals surface area (Å²) in [7, 11) is 0. The van der Waals surface area contributed by atoms with Crippen LogP contribution < -0.4 is 0 Å². The molecule has 0 radical (unpaired) electrons. The molecule has 6 nitrogen and oxygen atoms in total. The van der Waals surface area contributed by atoms with Crippen LogP contribution in [-0.4, -0.2) is 20.2 Å². The maximum absolute atomic E-state index is 5.53. The largest absolute Gasteiger partial charge is 0.463 e. The van der Waals surface area contributed by atoms with Gasteiger partial charge in [0.2, 0.25) is 0 Å². The van der Waals surface area contributed by atoms with Crippen molar-refractivity contribution in [2.45, 2.75) is 0 Å². The third kappa shape index (κ3) is 2.31. The zero-order valence-corrected chi connectivity index (χ0v) is 13.0. The van der Waals surface area contributed by atoms with Gasteiger partial charge in [-0.15, -0.1) is 10.2 Å². The van der Waals surface area contributed by atoms with Gasteiger partial charge < -0.3 is 13.8 Å². The summed E-state index contributed by atoms with van der Waals surface area (Å²) in [6, 6.07) is 17.3. The third-order valence-corrected chi connectivity index (χ3v) is 3.97. The van der Waals surface area contributed by atoms with Gasteiger partial charge >= 0.3 is 0 Å². The number of nitrogens with zero attached hydrogens (tertiary/aromatic N) is 3. The molecule has 6 heteroatoms. The summed E-state index contributed by atoms with van der Waals surface area (Å²) in [6.45, 7) is 0. The SMILES string of the molecule is c1coc(-c2nnc(-c3cc4ccccc4[nH]3)nc2-c2ccco2)c1. The van der Waals surface area contributed by atoms with Crippen LogP contribution in [0.25, 0.3) is 45.3 Å². The number of aromatic amines is 1. The lowest BCUT2D eigenvalue weighted by Gasteiger charge is -2.04. The van der Waals surface area contributed by atoms with E-state index in [1.165, 1.54) is 0 Å². The maximum Gasteiger partial charge on any atom is 0.198 e. The lowest BCUT2D eigenvalue weighted by molar-refractivity contribution is 0.570. The van der Waals surface area contributed by atoms with Crippen LogP contribution in [0.3, 0.4) is 0 Å². The average Bonchev–Trinajstić information content (AvgIpc) is 3.42. The number of nitrogens with one attached hydrogen (secondary N) is 1. The monoisotopic (exact) mass is 328 g/mol. The van der Waals surface area contributed by atoms with E-state index in [4.69, 9.17) is 8.83 Å². The molecule has 4 aromatic heterocycles. The highest BCUT2D eigenvalue weighted by atomic mass is 16.3. The number of benzene rings is 1. The molecular weight excluding hydrogens is 316 g/mol. The zero-order chi connectivity index (χ0) is 16.6. The first-order valence-electron chi connectivity index (χ1n) is 7.79. The molecule has 0 unspecified atom stereocenters. The van der Waals surface area contributed by atoms with Crippen LogP contribution in [0.5, 0.6) is 0 Å². The number of hydrogen-bond donors (Lipinski definition) is 1. The Morgan fingerprint density at radius 3 is 2.24 bits per heavy atom. The molecule has 0 atom stereocenters. The first kappa shape index (κ1) is 13.7. The minimum Gasteiger partial charge on any atom is -0.463 e. The van der Waals surface area contributed by atoms with Crippen molar-refractivity contribution in [3.63, 3.8) is 0 Å². The van der Waals surface area contributed by atoms with Crippen molar-refractivity contribution in [1.82, 2.24) is 20.2 Å². The average molecular weight is 328 g/mol. The molecule has 0 spiro atoms. The molecule has 0 aliphatic rings. The highest BCUT2D eigenvalue weighted by Gasteiger charge is 2.18. The third-order valence-electron chi connectivity index (χ3n) is 3.97. The Morgan fingerprint density at radius 2 is 1.52 bits per heavy atom. The smallest absolute Gasteiger partial charge is 0.198 e. The van der Waals surface area contributed by atoms with Crippen LogP contribution in [0.15, 0.2) is 76.0 Å². The van der Waals surface area contributed by atoms with Gasteiger partial charge in [0.15, 0.2) is 23.0 Å². The highest BCUT2D eigenvalue weighted by Crippen LogP contribution is 2.31. The van der Waals surface area contributed by atoms with E-state index >= 15 is 0 Å². The van der Waals surface area contributed by atoms with Gasteiger partial charge in [-0.1, -0.05) is 18.2 Å². The van der Waals surface area contributed by atoms with Crippen molar-refractivity contribution < 1.29 is 8.83 Å². The molecule has 0 bridgehead atoms. The lowest BCUT2D eigenvalue weighted by atomic mass is 10.2. The van der Waals surface area contributed by atoms with Crippen molar-refractivity contribution in [3.05, 3.63) is 67.1 Å². The molecule has 0 aliphatic heterocycles. The van der Waals surface area contributed by atoms with E-state index in [1.54, 1.807) is 18.6 Å². The van der Waals surface area contributed by atoms with Crippen LogP contribution in [0, 0.1) is 0 Å². The van der Waals surface area contributed by atoms with E-state index in [2.05, 4.69) is 20.2 Å². The summed E-state index contributed by atoms with van der Waals surface area (Å²) in [5, 5.41) is 9.71. The summed E-state index contributed by atoms with van der Waals surface area (Å²) >= 11 is 0. The van der Waals surface area contributed by atoms with Crippen molar-refractivity contribution in [2.24, 2.45) is 0 Å². The fourth-order valence-electron chi connectivity index (χ4n) is 2.80. The van der Waals surface area contributed by atoms with Crippen molar-refractivity contribution in [2.75, 3.05) is 0 Å². The van der Waals surface area contributed by atoms with Gasteiger partial charge in [0, 0.05) is 10.9 Å². The van der Waals surface area contributed by atoms with Gasteiger partial charge in [-0.2, -0.15) is 0 Å². The molecule has 1 aromatic carbocycles. The summed E-state index contributed by atoms with van der Waals surface area (Å²) < 4.78 is 11.0. The summed E-state index contributed by atoms with van der Waals surface area (Å²) in [5.74, 6) is 1.70. The summed E-state index contributed by atoms with van der Waals surface area (Å²) in [5.41, 5.74) is 2.95. The summed E-state index contributed by atoms with van der Waals surface area (Å²) in [4.78, 5) is 8.00. The number of furan rings is 2. The topological polar surface area (TPSA) is 80.7 Å². The van der Waals surface area contributed by atoms with E-state index in [9.17, 15) is 0 Å².